The summed E-state index contributed by atoms with van der Waals surface area (Å²) in [5.41, 5.74) is 12.7. The van der Waals surface area contributed by atoms with E-state index in [9.17, 15) is 4.79 Å². The number of hydrogen-bond donors (Lipinski definition) is 4. The van der Waals surface area contributed by atoms with Crippen LogP contribution in [-0.2, 0) is 0 Å². The number of allylic oxidation sites excluding steroid dienone is 4. The minimum absolute atomic E-state index is 0.287. The zero-order valence-electron chi connectivity index (χ0n) is 13.1. The molecule has 0 aromatic heterocycles. The molecule has 7 heteroatoms. The topological polar surface area (TPSA) is 110 Å². The Hall–Kier alpha value is -2.96. The van der Waals surface area contributed by atoms with Gasteiger partial charge >= 0.3 is 6.03 Å². The van der Waals surface area contributed by atoms with E-state index in [1.807, 2.05) is 0 Å². The summed E-state index contributed by atoms with van der Waals surface area (Å²) in [6.07, 6.45) is 7.81. The predicted octanol–water partition coefficient (Wildman–Crippen LogP) is 2.67. The molecule has 0 saturated carbocycles. The lowest BCUT2D eigenvalue weighted by Crippen LogP contribution is -2.31. The van der Waals surface area contributed by atoms with E-state index >= 15 is 0 Å². The summed E-state index contributed by atoms with van der Waals surface area (Å²) in [6.45, 7) is 7.40. The van der Waals surface area contributed by atoms with E-state index < -0.39 is 6.03 Å². The van der Waals surface area contributed by atoms with Crippen molar-refractivity contribution >= 4 is 23.3 Å². The van der Waals surface area contributed by atoms with Gasteiger partial charge in [0.1, 0.15) is 0 Å². The highest BCUT2D eigenvalue weighted by atomic mass is 35.5. The number of carbonyl (C=O) groups is 1. The number of carbonyl (C=O) groups excluding carboxylic acids is 1. The van der Waals surface area contributed by atoms with Crippen LogP contribution >= 0.6 is 11.6 Å². The SMILES string of the molecule is C=C/C=C(C(/C=C\N)=C/C(=C)NC(N)=O)\N(N)c1ccc(Cl)cc1. The third kappa shape index (κ3) is 5.68. The molecule has 7 N–H and O–H groups in total. The summed E-state index contributed by atoms with van der Waals surface area (Å²) in [7, 11) is 0. The van der Waals surface area contributed by atoms with Crippen LogP contribution < -0.4 is 27.6 Å². The second kappa shape index (κ2) is 9.24. The molecular weight excluding hydrogens is 326 g/mol. The maximum absolute atomic E-state index is 10.9. The van der Waals surface area contributed by atoms with Crippen molar-refractivity contribution < 1.29 is 4.79 Å². The molecule has 0 spiro atoms. The Morgan fingerprint density at radius 3 is 2.42 bits per heavy atom. The normalized spacial score (nSPS) is 12.1. The molecule has 0 aliphatic heterocycles. The summed E-state index contributed by atoms with van der Waals surface area (Å²) in [4.78, 5) is 10.9. The predicted molar refractivity (Wildman–Crippen MR) is 99.7 cm³/mol. The molecule has 1 rings (SSSR count). The summed E-state index contributed by atoms with van der Waals surface area (Å²) >= 11 is 5.89. The van der Waals surface area contributed by atoms with Gasteiger partial charge in [-0.25, -0.2) is 10.6 Å². The van der Waals surface area contributed by atoms with Gasteiger partial charge in [-0.2, -0.15) is 0 Å². The summed E-state index contributed by atoms with van der Waals surface area (Å²) in [5, 5.41) is 4.41. The Kier molecular flexibility index (Phi) is 7.35. The van der Waals surface area contributed by atoms with Gasteiger partial charge in [0.25, 0.3) is 0 Å². The van der Waals surface area contributed by atoms with Gasteiger partial charge in [-0.05, 0) is 48.7 Å². The van der Waals surface area contributed by atoms with Crippen LogP contribution in [0.2, 0.25) is 5.02 Å². The minimum Gasteiger partial charge on any atom is -0.405 e. The van der Waals surface area contributed by atoms with E-state index in [1.165, 1.54) is 11.2 Å². The molecule has 0 fully saturated rings. The first-order valence-electron chi connectivity index (χ1n) is 6.88. The summed E-state index contributed by atoms with van der Waals surface area (Å²) < 4.78 is 0. The van der Waals surface area contributed by atoms with E-state index in [0.29, 0.717) is 22.0 Å². The lowest BCUT2D eigenvalue weighted by atomic mass is 10.1. The Balaban J connectivity index is 3.27. The minimum atomic E-state index is -0.719. The number of benzene rings is 1. The maximum Gasteiger partial charge on any atom is 0.316 e. The second-order valence-electron chi connectivity index (χ2n) is 4.61. The first-order valence-corrected chi connectivity index (χ1v) is 7.25. The number of urea groups is 1. The fraction of sp³-hybridized carbons (Fsp3) is 0. The molecule has 1 aromatic carbocycles. The third-order valence-electron chi connectivity index (χ3n) is 2.83. The highest BCUT2D eigenvalue weighted by molar-refractivity contribution is 6.30. The molecular formula is C17H20ClN5O. The van der Waals surface area contributed by atoms with Crippen LogP contribution in [-0.4, -0.2) is 6.03 Å². The van der Waals surface area contributed by atoms with Gasteiger partial charge in [-0.1, -0.05) is 30.8 Å². The van der Waals surface area contributed by atoms with Crippen LogP contribution in [0.1, 0.15) is 0 Å². The molecule has 0 aliphatic rings. The Morgan fingerprint density at radius 2 is 1.92 bits per heavy atom. The van der Waals surface area contributed by atoms with Crippen molar-refractivity contribution in [1.82, 2.24) is 5.32 Å². The van der Waals surface area contributed by atoms with Crippen molar-refractivity contribution in [3.05, 3.63) is 89.9 Å². The lowest BCUT2D eigenvalue weighted by Gasteiger charge is -2.23. The monoisotopic (exact) mass is 345 g/mol. The Bertz CT molecular complexity index is 704. The Morgan fingerprint density at radius 1 is 1.29 bits per heavy atom. The fourth-order valence-electron chi connectivity index (χ4n) is 1.86. The van der Waals surface area contributed by atoms with Gasteiger partial charge in [0, 0.05) is 16.3 Å². The van der Waals surface area contributed by atoms with Crippen molar-refractivity contribution in [3.8, 4) is 0 Å². The zero-order chi connectivity index (χ0) is 18.1. The second-order valence-corrected chi connectivity index (χ2v) is 5.04. The molecule has 24 heavy (non-hydrogen) atoms. The standard InChI is InChI=1S/C17H20ClN5O/c1-3-4-16(23(21)15-7-5-14(18)6-8-15)13(9-10-19)11-12(2)22-17(20)24/h3-11H,1-2,19,21H2,(H3,20,22,24)/b10-9-,13-11+,16-4-. The number of halogens is 1. The number of hydrogen-bond acceptors (Lipinski definition) is 4. The highest BCUT2D eigenvalue weighted by Crippen LogP contribution is 2.24. The smallest absolute Gasteiger partial charge is 0.316 e. The van der Waals surface area contributed by atoms with Crippen LogP contribution in [0.3, 0.4) is 0 Å². The number of nitrogens with one attached hydrogen (secondary N) is 1. The van der Waals surface area contributed by atoms with Crippen LogP contribution in [0.15, 0.2) is 84.9 Å². The van der Waals surface area contributed by atoms with Gasteiger partial charge in [0.15, 0.2) is 0 Å². The largest absolute Gasteiger partial charge is 0.405 e. The van der Waals surface area contributed by atoms with Crippen molar-refractivity contribution in [2.45, 2.75) is 0 Å². The maximum atomic E-state index is 10.9. The van der Waals surface area contributed by atoms with Gasteiger partial charge in [-0.15, -0.1) is 0 Å². The highest BCUT2D eigenvalue weighted by Gasteiger charge is 2.11. The molecule has 2 amide bonds. The van der Waals surface area contributed by atoms with E-state index in [1.54, 1.807) is 48.6 Å². The number of primary amides is 1. The number of rotatable bonds is 7. The van der Waals surface area contributed by atoms with Gasteiger partial charge in [0.05, 0.1) is 11.4 Å². The van der Waals surface area contributed by atoms with Crippen molar-refractivity contribution in [1.29, 1.82) is 0 Å². The number of nitrogens with two attached hydrogens (primary N) is 3. The molecule has 126 valence electrons. The lowest BCUT2D eigenvalue weighted by molar-refractivity contribution is 0.251. The molecule has 0 radical (unpaired) electrons. The molecule has 0 heterocycles. The van der Waals surface area contributed by atoms with Gasteiger partial charge in [-0.3, -0.25) is 5.01 Å². The van der Waals surface area contributed by atoms with Crippen LogP contribution in [0, 0.1) is 0 Å². The average Bonchev–Trinajstić information content (AvgIpc) is 2.51. The van der Waals surface area contributed by atoms with Crippen molar-refractivity contribution in [3.63, 3.8) is 0 Å². The first-order chi connectivity index (χ1) is 11.4. The van der Waals surface area contributed by atoms with Crippen LogP contribution in [0.5, 0.6) is 0 Å². The molecule has 0 bridgehead atoms. The quantitative estimate of drug-likeness (QED) is 0.346. The molecule has 6 nitrogen and oxygen atoms in total. The molecule has 0 aliphatic carbocycles. The first kappa shape index (κ1) is 19.1. The van der Waals surface area contributed by atoms with E-state index in [2.05, 4.69) is 18.5 Å². The third-order valence-corrected chi connectivity index (χ3v) is 3.08. The van der Waals surface area contributed by atoms with Crippen LogP contribution in [0.4, 0.5) is 10.5 Å². The van der Waals surface area contributed by atoms with Crippen LogP contribution in [0.25, 0.3) is 0 Å². The molecule has 0 atom stereocenters. The summed E-state index contributed by atoms with van der Waals surface area (Å²) in [5.74, 6) is 6.20. The van der Waals surface area contributed by atoms with Crippen molar-refractivity contribution in [2.24, 2.45) is 17.3 Å². The van der Waals surface area contributed by atoms with Gasteiger partial charge < -0.3 is 16.8 Å². The number of anilines is 1. The zero-order valence-corrected chi connectivity index (χ0v) is 13.8. The number of amides is 2. The summed E-state index contributed by atoms with van der Waals surface area (Å²) in [6, 6.07) is 6.25. The van der Waals surface area contributed by atoms with E-state index in [0.717, 1.165) is 0 Å². The van der Waals surface area contributed by atoms with Gasteiger partial charge in [0.2, 0.25) is 0 Å². The number of hydrazine groups is 1. The number of nitrogens with zero attached hydrogens (tertiary/aromatic N) is 1. The van der Waals surface area contributed by atoms with E-state index in [-0.39, 0.29) is 5.70 Å². The van der Waals surface area contributed by atoms with Crippen molar-refractivity contribution in [2.75, 3.05) is 5.01 Å². The molecule has 0 saturated heterocycles. The fourth-order valence-corrected chi connectivity index (χ4v) is 1.99. The molecule has 0 unspecified atom stereocenters. The average molecular weight is 346 g/mol. The molecule has 1 aromatic rings. The Labute approximate surface area is 146 Å². The van der Waals surface area contributed by atoms with E-state index in [4.69, 9.17) is 28.9 Å².